The number of anilines is 1. The molecule has 18 heavy (non-hydrogen) atoms. The Balaban J connectivity index is 2.77. The van der Waals surface area contributed by atoms with Gasteiger partial charge in [0.2, 0.25) is 0 Å². The molecule has 0 radical (unpaired) electrons. The molecule has 0 unspecified atom stereocenters. The van der Waals surface area contributed by atoms with Crippen LogP contribution in [0.3, 0.4) is 0 Å². The highest BCUT2D eigenvalue weighted by atomic mass is 32.2. The van der Waals surface area contributed by atoms with Crippen molar-refractivity contribution >= 4 is 23.4 Å². The Bertz CT molecular complexity index is 384. The summed E-state index contributed by atoms with van der Waals surface area (Å²) >= 11 is 1.74. The molecule has 0 aliphatic heterocycles. The predicted molar refractivity (Wildman–Crippen MR) is 78.4 cm³/mol. The SMILES string of the molecule is CCCNc1cnccc1C(=O)N(C)CCSC. The highest BCUT2D eigenvalue weighted by Crippen LogP contribution is 2.15. The van der Waals surface area contributed by atoms with Gasteiger partial charge in [-0.2, -0.15) is 11.8 Å². The molecule has 0 atom stereocenters. The smallest absolute Gasteiger partial charge is 0.255 e. The zero-order valence-electron chi connectivity index (χ0n) is 11.3. The van der Waals surface area contributed by atoms with Gasteiger partial charge in [-0.05, 0) is 18.7 Å². The zero-order chi connectivity index (χ0) is 13.4. The molecule has 1 N–H and O–H groups in total. The molecule has 0 saturated heterocycles. The van der Waals surface area contributed by atoms with Gasteiger partial charge in [-0.15, -0.1) is 0 Å². The lowest BCUT2D eigenvalue weighted by molar-refractivity contribution is 0.0804. The van der Waals surface area contributed by atoms with E-state index in [1.54, 1.807) is 35.1 Å². The van der Waals surface area contributed by atoms with E-state index in [1.165, 1.54) is 0 Å². The fourth-order valence-electron chi connectivity index (χ4n) is 1.52. The van der Waals surface area contributed by atoms with E-state index < -0.39 is 0 Å². The lowest BCUT2D eigenvalue weighted by Gasteiger charge is -2.18. The molecule has 1 aromatic rings. The first kappa shape index (κ1) is 14.8. The minimum absolute atomic E-state index is 0.0463. The second-order valence-electron chi connectivity index (χ2n) is 4.07. The van der Waals surface area contributed by atoms with E-state index in [0.717, 1.165) is 31.0 Å². The van der Waals surface area contributed by atoms with Crippen LogP contribution in [-0.2, 0) is 0 Å². The van der Waals surface area contributed by atoms with Crippen molar-refractivity contribution in [2.75, 3.05) is 37.5 Å². The van der Waals surface area contributed by atoms with Crippen LogP contribution in [0.4, 0.5) is 5.69 Å². The Morgan fingerprint density at radius 2 is 2.33 bits per heavy atom. The van der Waals surface area contributed by atoms with Gasteiger partial charge in [-0.3, -0.25) is 9.78 Å². The van der Waals surface area contributed by atoms with Crippen molar-refractivity contribution in [2.24, 2.45) is 0 Å². The van der Waals surface area contributed by atoms with Gasteiger partial charge < -0.3 is 10.2 Å². The Morgan fingerprint density at radius 3 is 3.00 bits per heavy atom. The summed E-state index contributed by atoms with van der Waals surface area (Å²) in [5, 5.41) is 3.24. The number of rotatable bonds is 7. The third-order valence-corrected chi connectivity index (χ3v) is 3.19. The molecule has 1 aromatic heterocycles. The van der Waals surface area contributed by atoms with Crippen LogP contribution >= 0.6 is 11.8 Å². The van der Waals surface area contributed by atoms with Crippen LogP contribution in [0.1, 0.15) is 23.7 Å². The maximum absolute atomic E-state index is 12.3. The number of nitrogens with zero attached hydrogens (tertiary/aromatic N) is 2. The van der Waals surface area contributed by atoms with Gasteiger partial charge in [0, 0.05) is 32.1 Å². The molecule has 0 bridgehead atoms. The standard InChI is InChI=1S/C13H21N3OS/c1-4-6-15-12-10-14-7-5-11(12)13(17)16(2)8-9-18-3/h5,7,10,15H,4,6,8-9H2,1-3H3. The first-order chi connectivity index (χ1) is 8.70. The summed E-state index contributed by atoms with van der Waals surface area (Å²) in [6.07, 6.45) is 6.43. The molecular weight excluding hydrogens is 246 g/mol. The van der Waals surface area contributed by atoms with Gasteiger partial charge in [0.1, 0.15) is 0 Å². The molecule has 1 amide bonds. The summed E-state index contributed by atoms with van der Waals surface area (Å²) in [5.74, 6) is 0.996. The first-order valence-corrected chi connectivity index (χ1v) is 7.52. The Kier molecular flexibility index (Phi) is 6.57. The fourth-order valence-corrected chi connectivity index (χ4v) is 1.97. The molecule has 100 valence electrons. The van der Waals surface area contributed by atoms with Crippen molar-refractivity contribution < 1.29 is 4.79 Å². The summed E-state index contributed by atoms with van der Waals surface area (Å²) in [4.78, 5) is 18.1. The maximum Gasteiger partial charge on any atom is 0.255 e. The largest absolute Gasteiger partial charge is 0.383 e. The number of pyridine rings is 1. The fraction of sp³-hybridized carbons (Fsp3) is 0.538. The number of hydrogen-bond donors (Lipinski definition) is 1. The number of hydrogen-bond acceptors (Lipinski definition) is 4. The van der Waals surface area contributed by atoms with E-state index >= 15 is 0 Å². The average Bonchev–Trinajstić information content (AvgIpc) is 2.42. The maximum atomic E-state index is 12.3. The normalized spacial score (nSPS) is 10.2. The van der Waals surface area contributed by atoms with Gasteiger partial charge >= 0.3 is 0 Å². The number of amides is 1. The summed E-state index contributed by atoms with van der Waals surface area (Å²) < 4.78 is 0. The second-order valence-corrected chi connectivity index (χ2v) is 5.05. The van der Waals surface area contributed by atoms with Crippen molar-refractivity contribution in [3.63, 3.8) is 0 Å². The number of nitrogens with one attached hydrogen (secondary N) is 1. The van der Waals surface area contributed by atoms with Gasteiger partial charge in [-0.1, -0.05) is 6.92 Å². The minimum Gasteiger partial charge on any atom is -0.383 e. The molecule has 0 saturated carbocycles. The Labute approximate surface area is 113 Å². The molecule has 5 heteroatoms. The van der Waals surface area contributed by atoms with Crippen LogP contribution in [0.25, 0.3) is 0 Å². The van der Waals surface area contributed by atoms with Crippen LogP contribution in [0.5, 0.6) is 0 Å². The van der Waals surface area contributed by atoms with E-state index in [0.29, 0.717) is 5.56 Å². The minimum atomic E-state index is 0.0463. The highest BCUT2D eigenvalue weighted by molar-refractivity contribution is 7.98. The van der Waals surface area contributed by atoms with Gasteiger partial charge in [-0.25, -0.2) is 0 Å². The summed E-state index contributed by atoms with van der Waals surface area (Å²) in [6, 6.07) is 1.77. The second kappa shape index (κ2) is 7.97. The summed E-state index contributed by atoms with van der Waals surface area (Å²) in [5.41, 5.74) is 1.52. The van der Waals surface area contributed by atoms with E-state index in [9.17, 15) is 4.79 Å². The highest BCUT2D eigenvalue weighted by Gasteiger charge is 2.15. The quantitative estimate of drug-likeness (QED) is 0.823. The predicted octanol–water partition coefficient (Wildman–Crippen LogP) is 2.34. The van der Waals surface area contributed by atoms with E-state index in [-0.39, 0.29) is 5.91 Å². The summed E-state index contributed by atoms with van der Waals surface area (Å²) in [6.45, 7) is 3.70. The van der Waals surface area contributed by atoms with Crippen LogP contribution in [0.15, 0.2) is 18.5 Å². The molecule has 0 aromatic carbocycles. The average molecular weight is 267 g/mol. The third kappa shape index (κ3) is 4.22. The Morgan fingerprint density at radius 1 is 1.56 bits per heavy atom. The zero-order valence-corrected chi connectivity index (χ0v) is 12.1. The molecule has 1 heterocycles. The molecule has 1 rings (SSSR count). The van der Waals surface area contributed by atoms with Crippen LogP contribution in [0, 0.1) is 0 Å². The molecule has 4 nitrogen and oxygen atoms in total. The lowest BCUT2D eigenvalue weighted by atomic mass is 10.2. The van der Waals surface area contributed by atoms with Crippen LogP contribution < -0.4 is 5.32 Å². The Hall–Kier alpha value is -1.23. The van der Waals surface area contributed by atoms with Crippen molar-refractivity contribution in [1.29, 1.82) is 0 Å². The van der Waals surface area contributed by atoms with Crippen molar-refractivity contribution in [3.05, 3.63) is 24.0 Å². The molecule has 0 aliphatic rings. The monoisotopic (exact) mass is 267 g/mol. The molecule has 0 fully saturated rings. The van der Waals surface area contributed by atoms with Crippen molar-refractivity contribution in [2.45, 2.75) is 13.3 Å². The van der Waals surface area contributed by atoms with E-state index in [1.807, 2.05) is 13.3 Å². The topological polar surface area (TPSA) is 45.2 Å². The van der Waals surface area contributed by atoms with E-state index in [2.05, 4.69) is 17.2 Å². The van der Waals surface area contributed by atoms with Crippen molar-refractivity contribution in [1.82, 2.24) is 9.88 Å². The molecule has 0 aliphatic carbocycles. The van der Waals surface area contributed by atoms with E-state index in [4.69, 9.17) is 0 Å². The number of carbonyl (C=O) groups is 1. The molecular formula is C13H21N3OS. The lowest BCUT2D eigenvalue weighted by Crippen LogP contribution is -2.29. The third-order valence-electron chi connectivity index (χ3n) is 2.59. The van der Waals surface area contributed by atoms with Gasteiger partial charge in [0.25, 0.3) is 5.91 Å². The van der Waals surface area contributed by atoms with Crippen LogP contribution in [0.2, 0.25) is 0 Å². The summed E-state index contributed by atoms with van der Waals surface area (Å²) in [7, 11) is 1.84. The first-order valence-electron chi connectivity index (χ1n) is 6.13. The van der Waals surface area contributed by atoms with Gasteiger partial charge in [0.05, 0.1) is 17.4 Å². The number of thioether (sulfide) groups is 1. The molecule has 0 spiro atoms. The number of aromatic nitrogens is 1. The van der Waals surface area contributed by atoms with Gasteiger partial charge in [0.15, 0.2) is 0 Å². The number of carbonyl (C=O) groups excluding carboxylic acids is 1. The van der Waals surface area contributed by atoms with Crippen molar-refractivity contribution in [3.8, 4) is 0 Å². The van der Waals surface area contributed by atoms with Crippen LogP contribution in [-0.4, -0.2) is 47.9 Å².